The van der Waals surface area contributed by atoms with E-state index in [-0.39, 0.29) is 24.4 Å². The Morgan fingerprint density at radius 3 is 1.75 bits per heavy atom. The number of rotatable bonds is 6. The second-order valence-electron chi connectivity index (χ2n) is 6.15. The molecule has 0 N–H and O–H groups in total. The van der Waals surface area contributed by atoms with Gasteiger partial charge in [-0.15, -0.1) is 12.4 Å². The van der Waals surface area contributed by atoms with Crippen LogP contribution in [0.2, 0.25) is 0 Å². The summed E-state index contributed by atoms with van der Waals surface area (Å²) in [6.45, 7) is 2.13. The number of benzene rings is 2. The predicted molar refractivity (Wildman–Crippen MR) is 101 cm³/mol. The average molecular weight is 348 g/mol. The Hall–Kier alpha value is -1.84. The molecule has 2 rings (SSSR count). The van der Waals surface area contributed by atoms with Crippen LogP contribution < -0.4 is 0 Å². The number of esters is 1. The van der Waals surface area contributed by atoms with Crippen LogP contribution in [0.3, 0.4) is 0 Å². The molecule has 24 heavy (non-hydrogen) atoms. The van der Waals surface area contributed by atoms with Crippen LogP contribution in [-0.2, 0) is 14.9 Å². The van der Waals surface area contributed by atoms with Crippen LogP contribution in [0.5, 0.6) is 0 Å². The Kier molecular flexibility index (Phi) is 7.46. The van der Waals surface area contributed by atoms with Crippen LogP contribution in [0.1, 0.15) is 24.5 Å². The standard InChI is InChI=1S/C20H25NO2.ClH/c1-16(21(2)3)15-20(19(22)23-4,17-11-7-5-8-12-17)18-13-9-6-10-14-18;/h5-14,16H,15H2,1-4H3;1H. The highest BCUT2D eigenvalue weighted by Gasteiger charge is 2.44. The van der Waals surface area contributed by atoms with Crippen molar-refractivity contribution in [3.8, 4) is 0 Å². The van der Waals surface area contributed by atoms with E-state index in [0.29, 0.717) is 6.42 Å². The summed E-state index contributed by atoms with van der Waals surface area (Å²) < 4.78 is 5.25. The van der Waals surface area contributed by atoms with E-state index in [1.54, 1.807) is 0 Å². The number of hydrogen-bond donors (Lipinski definition) is 0. The Morgan fingerprint density at radius 2 is 1.42 bits per heavy atom. The molecule has 1 atom stereocenters. The number of hydrogen-bond acceptors (Lipinski definition) is 3. The molecule has 0 bridgehead atoms. The third-order valence-corrected chi connectivity index (χ3v) is 4.55. The van der Waals surface area contributed by atoms with Crippen LogP contribution in [0, 0.1) is 0 Å². The van der Waals surface area contributed by atoms with Crippen molar-refractivity contribution >= 4 is 18.4 Å². The van der Waals surface area contributed by atoms with Gasteiger partial charge in [-0.05, 0) is 38.6 Å². The maximum absolute atomic E-state index is 13.0. The van der Waals surface area contributed by atoms with Gasteiger partial charge in [0.1, 0.15) is 5.41 Å². The molecule has 0 saturated carbocycles. The number of nitrogens with zero attached hydrogens (tertiary/aromatic N) is 1. The molecule has 2 aromatic rings. The summed E-state index contributed by atoms with van der Waals surface area (Å²) in [5.74, 6) is -0.219. The topological polar surface area (TPSA) is 29.5 Å². The van der Waals surface area contributed by atoms with E-state index < -0.39 is 5.41 Å². The molecule has 3 nitrogen and oxygen atoms in total. The van der Waals surface area contributed by atoms with Gasteiger partial charge in [0, 0.05) is 6.04 Å². The molecule has 0 aliphatic rings. The molecule has 2 aromatic carbocycles. The molecule has 0 fully saturated rings. The highest BCUT2D eigenvalue weighted by atomic mass is 35.5. The second kappa shape index (κ2) is 8.86. The molecule has 4 heteroatoms. The first-order valence-electron chi connectivity index (χ1n) is 7.88. The van der Waals surface area contributed by atoms with Gasteiger partial charge in [-0.1, -0.05) is 60.7 Å². The minimum absolute atomic E-state index is 0. The molecule has 0 radical (unpaired) electrons. The van der Waals surface area contributed by atoms with Crippen molar-refractivity contribution in [2.24, 2.45) is 0 Å². The first kappa shape index (κ1) is 20.2. The SMILES string of the molecule is COC(=O)C(CC(C)N(C)C)(c1ccccc1)c1ccccc1.Cl. The summed E-state index contributed by atoms with van der Waals surface area (Å²) in [6, 6.07) is 20.0. The summed E-state index contributed by atoms with van der Waals surface area (Å²) in [5, 5.41) is 0. The van der Waals surface area contributed by atoms with Crippen LogP contribution in [0.25, 0.3) is 0 Å². The molecular weight excluding hydrogens is 322 g/mol. The zero-order valence-electron chi connectivity index (χ0n) is 14.7. The van der Waals surface area contributed by atoms with E-state index in [1.807, 2.05) is 74.8 Å². The van der Waals surface area contributed by atoms with Crippen molar-refractivity contribution in [1.82, 2.24) is 4.90 Å². The Balaban J connectivity index is 0.00000288. The first-order valence-corrected chi connectivity index (χ1v) is 7.88. The summed E-state index contributed by atoms with van der Waals surface area (Å²) in [7, 11) is 5.52. The van der Waals surface area contributed by atoms with Gasteiger partial charge in [-0.3, -0.25) is 4.79 Å². The average Bonchev–Trinajstić information content (AvgIpc) is 2.60. The monoisotopic (exact) mass is 347 g/mol. The molecule has 0 saturated heterocycles. The van der Waals surface area contributed by atoms with Crippen molar-refractivity contribution < 1.29 is 9.53 Å². The molecular formula is C20H26ClNO2. The molecule has 1 unspecified atom stereocenters. The minimum atomic E-state index is -0.805. The number of halogens is 1. The van der Waals surface area contributed by atoms with E-state index >= 15 is 0 Å². The zero-order chi connectivity index (χ0) is 16.9. The fourth-order valence-corrected chi connectivity index (χ4v) is 2.97. The normalized spacial score (nSPS) is 12.4. The van der Waals surface area contributed by atoms with E-state index in [1.165, 1.54) is 7.11 Å². The molecule has 0 heterocycles. The van der Waals surface area contributed by atoms with Crippen LogP contribution >= 0.6 is 12.4 Å². The van der Waals surface area contributed by atoms with E-state index in [9.17, 15) is 4.79 Å². The van der Waals surface area contributed by atoms with Gasteiger partial charge in [0.15, 0.2) is 0 Å². The fourth-order valence-electron chi connectivity index (χ4n) is 2.97. The number of carbonyl (C=O) groups is 1. The van der Waals surface area contributed by atoms with Gasteiger partial charge in [0.05, 0.1) is 7.11 Å². The number of methoxy groups -OCH3 is 1. The van der Waals surface area contributed by atoms with Crippen LogP contribution in [-0.4, -0.2) is 38.1 Å². The molecule has 0 amide bonds. The summed E-state index contributed by atoms with van der Waals surface area (Å²) in [6.07, 6.45) is 0.653. The maximum atomic E-state index is 13.0. The Morgan fingerprint density at radius 1 is 1.00 bits per heavy atom. The smallest absolute Gasteiger partial charge is 0.320 e. The lowest BCUT2D eigenvalue weighted by Crippen LogP contribution is -2.43. The van der Waals surface area contributed by atoms with Crippen molar-refractivity contribution in [3.63, 3.8) is 0 Å². The van der Waals surface area contributed by atoms with E-state index in [2.05, 4.69) is 11.8 Å². The van der Waals surface area contributed by atoms with Crippen molar-refractivity contribution in [1.29, 1.82) is 0 Å². The lowest BCUT2D eigenvalue weighted by Gasteiger charge is -2.36. The highest BCUT2D eigenvalue weighted by molar-refractivity contribution is 5.87. The number of ether oxygens (including phenoxy) is 1. The Bertz CT molecular complexity index is 589. The van der Waals surface area contributed by atoms with E-state index in [0.717, 1.165) is 11.1 Å². The lowest BCUT2D eigenvalue weighted by molar-refractivity contribution is -0.146. The van der Waals surface area contributed by atoms with Gasteiger partial charge in [-0.2, -0.15) is 0 Å². The molecule has 0 aromatic heterocycles. The third kappa shape index (κ3) is 3.97. The van der Waals surface area contributed by atoms with Gasteiger partial charge in [0.25, 0.3) is 0 Å². The first-order chi connectivity index (χ1) is 11.0. The van der Waals surface area contributed by atoms with Crippen molar-refractivity contribution in [3.05, 3.63) is 71.8 Å². The summed E-state index contributed by atoms with van der Waals surface area (Å²) >= 11 is 0. The quantitative estimate of drug-likeness (QED) is 0.742. The van der Waals surface area contributed by atoms with Gasteiger partial charge >= 0.3 is 5.97 Å². The molecule has 130 valence electrons. The fraction of sp³-hybridized carbons (Fsp3) is 0.350. The van der Waals surface area contributed by atoms with Gasteiger partial charge in [-0.25, -0.2) is 0 Å². The van der Waals surface area contributed by atoms with Gasteiger partial charge in [0.2, 0.25) is 0 Å². The van der Waals surface area contributed by atoms with Crippen molar-refractivity contribution in [2.75, 3.05) is 21.2 Å². The van der Waals surface area contributed by atoms with Gasteiger partial charge < -0.3 is 9.64 Å². The molecule has 0 spiro atoms. The Labute approximate surface area is 151 Å². The predicted octanol–water partition coefficient (Wildman–Crippen LogP) is 3.91. The zero-order valence-corrected chi connectivity index (χ0v) is 15.5. The molecule has 0 aliphatic carbocycles. The lowest BCUT2D eigenvalue weighted by atomic mass is 9.70. The maximum Gasteiger partial charge on any atom is 0.320 e. The third-order valence-electron chi connectivity index (χ3n) is 4.55. The van der Waals surface area contributed by atoms with E-state index in [4.69, 9.17) is 4.74 Å². The summed E-state index contributed by atoms with van der Waals surface area (Å²) in [4.78, 5) is 15.1. The summed E-state index contributed by atoms with van der Waals surface area (Å²) in [5.41, 5.74) is 1.12. The minimum Gasteiger partial charge on any atom is -0.468 e. The molecule has 0 aliphatic heterocycles. The second-order valence-corrected chi connectivity index (χ2v) is 6.15. The number of carbonyl (C=O) groups excluding carboxylic acids is 1. The van der Waals surface area contributed by atoms with Crippen molar-refractivity contribution in [2.45, 2.75) is 24.8 Å². The van der Waals surface area contributed by atoms with Crippen LogP contribution in [0.15, 0.2) is 60.7 Å². The van der Waals surface area contributed by atoms with Crippen LogP contribution in [0.4, 0.5) is 0 Å². The largest absolute Gasteiger partial charge is 0.468 e. The highest BCUT2D eigenvalue weighted by Crippen LogP contribution is 2.38.